The average molecular weight is 467 g/mol. The first-order valence-electron chi connectivity index (χ1n) is 11.3. The Kier molecular flexibility index (Phi) is 5.95. The highest BCUT2D eigenvalue weighted by atomic mass is 19.1. The highest BCUT2D eigenvalue weighted by Gasteiger charge is 2.52. The van der Waals surface area contributed by atoms with Gasteiger partial charge in [-0.05, 0) is 42.0 Å². The van der Waals surface area contributed by atoms with E-state index in [4.69, 9.17) is 9.47 Å². The minimum absolute atomic E-state index is 0.0889. The van der Waals surface area contributed by atoms with Crippen molar-refractivity contribution in [2.24, 2.45) is 0 Å². The van der Waals surface area contributed by atoms with Gasteiger partial charge in [0, 0.05) is 31.6 Å². The lowest BCUT2D eigenvalue weighted by Crippen LogP contribution is -2.69. The van der Waals surface area contributed by atoms with Gasteiger partial charge in [-0.25, -0.2) is 4.39 Å². The normalized spacial score (nSPS) is 24.2. The minimum atomic E-state index is -0.685. The molecule has 178 valence electrons. The van der Waals surface area contributed by atoms with E-state index in [1.807, 2.05) is 0 Å². The molecule has 0 spiro atoms. The van der Waals surface area contributed by atoms with Crippen LogP contribution in [0.1, 0.15) is 22.3 Å². The number of fused-ring (bicyclic) bond motifs is 2. The molecule has 34 heavy (non-hydrogen) atoms. The molecule has 8 nitrogen and oxygen atoms in total. The second kappa shape index (κ2) is 9.06. The highest BCUT2D eigenvalue weighted by Crippen LogP contribution is 2.31. The zero-order valence-electron chi connectivity index (χ0n) is 18.9. The van der Waals surface area contributed by atoms with Crippen molar-refractivity contribution in [2.45, 2.75) is 31.2 Å². The van der Waals surface area contributed by atoms with Gasteiger partial charge in [-0.1, -0.05) is 12.1 Å². The van der Waals surface area contributed by atoms with Crippen molar-refractivity contribution < 1.29 is 28.2 Å². The van der Waals surface area contributed by atoms with Gasteiger partial charge in [-0.15, -0.1) is 0 Å². The SMILES string of the molecule is COc1ccc(C(=O)N2CCN3C(=O)[C@@H]4C[C@@H](OCc5ccc(F)cc5)CN4C(=O)[C@@H]3C2)cc1. The molecule has 3 heterocycles. The van der Waals surface area contributed by atoms with E-state index in [9.17, 15) is 18.8 Å². The van der Waals surface area contributed by atoms with Crippen molar-refractivity contribution in [3.05, 3.63) is 65.5 Å². The number of carbonyl (C=O) groups is 3. The molecule has 0 aromatic heterocycles. The fraction of sp³-hybridized carbons (Fsp3) is 0.400. The fourth-order valence-corrected chi connectivity index (χ4v) is 4.93. The summed E-state index contributed by atoms with van der Waals surface area (Å²) in [6, 6.07) is 11.7. The number of methoxy groups -OCH3 is 1. The molecule has 5 rings (SSSR count). The van der Waals surface area contributed by atoms with Crippen LogP contribution < -0.4 is 4.74 Å². The number of nitrogens with zero attached hydrogens (tertiary/aromatic N) is 3. The summed E-state index contributed by atoms with van der Waals surface area (Å²) in [5.74, 6) is -0.0647. The second-order valence-corrected chi connectivity index (χ2v) is 8.83. The van der Waals surface area contributed by atoms with E-state index in [-0.39, 0.29) is 42.8 Å². The minimum Gasteiger partial charge on any atom is -0.497 e. The van der Waals surface area contributed by atoms with Crippen LogP contribution >= 0.6 is 0 Å². The van der Waals surface area contributed by atoms with E-state index in [1.54, 1.807) is 58.2 Å². The standard InChI is InChI=1S/C25H26FN3O5/c1-33-19-8-4-17(5-9-19)23(30)27-10-11-28-22(14-27)25(32)29-13-20(12-21(29)24(28)31)34-15-16-2-6-18(26)7-3-16/h2-9,20-22H,10-15H2,1H3/t20-,21+,22+/m1/s1. The van der Waals surface area contributed by atoms with Crippen LogP contribution in [0.15, 0.2) is 48.5 Å². The third kappa shape index (κ3) is 4.11. The lowest BCUT2D eigenvalue weighted by Gasteiger charge is -2.47. The maximum Gasteiger partial charge on any atom is 0.254 e. The molecule has 0 radical (unpaired) electrons. The molecule has 0 bridgehead atoms. The van der Waals surface area contributed by atoms with Crippen molar-refractivity contribution >= 4 is 17.7 Å². The number of amides is 3. The molecule has 0 N–H and O–H groups in total. The molecule has 3 aliphatic rings. The number of piperazine rings is 2. The molecule has 9 heteroatoms. The van der Waals surface area contributed by atoms with Gasteiger partial charge in [0.05, 0.1) is 26.4 Å². The Bertz CT molecular complexity index is 1090. The van der Waals surface area contributed by atoms with Crippen LogP contribution in [0.5, 0.6) is 5.75 Å². The van der Waals surface area contributed by atoms with E-state index in [2.05, 4.69) is 0 Å². The van der Waals surface area contributed by atoms with Gasteiger partial charge >= 0.3 is 0 Å². The number of benzene rings is 2. The third-order valence-corrected chi connectivity index (χ3v) is 6.80. The summed E-state index contributed by atoms with van der Waals surface area (Å²) < 4.78 is 24.2. The largest absolute Gasteiger partial charge is 0.497 e. The Labute approximate surface area is 196 Å². The first-order chi connectivity index (χ1) is 16.4. The van der Waals surface area contributed by atoms with E-state index in [1.165, 1.54) is 12.1 Å². The van der Waals surface area contributed by atoms with E-state index >= 15 is 0 Å². The molecule has 0 unspecified atom stereocenters. The number of carbonyl (C=O) groups excluding carboxylic acids is 3. The molecular weight excluding hydrogens is 441 g/mol. The van der Waals surface area contributed by atoms with Gasteiger partial charge in [0.1, 0.15) is 23.7 Å². The summed E-state index contributed by atoms with van der Waals surface area (Å²) in [6.45, 7) is 1.47. The van der Waals surface area contributed by atoms with E-state index in [0.717, 1.165) is 5.56 Å². The summed E-state index contributed by atoms with van der Waals surface area (Å²) in [7, 11) is 1.56. The zero-order chi connectivity index (χ0) is 23.8. The number of halogens is 1. The average Bonchev–Trinajstić information content (AvgIpc) is 3.31. The fourth-order valence-electron chi connectivity index (χ4n) is 4.93. The predicted molar refractivity (Wildman–Crippen MR) is 119 cm³/mol. The maximum atomic E-state index is 13.3. The number of hydrogen-bond acceptors (Lipinski definition) is 5. The number of rotatable bonds is 5. The van der Waals surface area contributed by atoms with Gasteiger partial charge < -0.3 is 24.2 Å². The summed E-state index contributed by atoms with van der Waals surface area (Å²) in [6.07, 6.45) is 0.157. The third-order valence-electron chi connectivity index (χ3n) is 6.80. The molecule has 2 aromatic rings. The Morgan fingerprint density at radius 2 is 1.65 bits per heavy atom. The molecular formula is C25H26FN3O5. The zero-order valence-corrected chi connectivity index (χ0v) is 18.9. The van der Waals surface area contributed by atoms with E-state index in [0.29, 0.717) is 37.4 Å². The lowest BCUT2D eigenvalue weighted by molar-refractivity contribution is -0.162. The number of hydrogen-bond donors (Lipinski definition) is 0. The molecule has 2 aromatic carbocycles. The molecule has 3 atom stereocenters. The molecule has 3 aliphatic heterocycles. The van der Waals surface area contributed by atoms with Crippen molar-refractivity contribution in [3.8, 4) is 5.75 Å². The van der Waals surface area contributed by atoms with Crippen LogP contribution in [0.4, 0.5) is 4.39 Å². The van der Waals surface area contributed by atoms with Crippen molar-refractivity contribution in [2.75, 3.05) is 33.3 Å². The van der Waals surface area contributed by atoms with Crippen LogP contribution in [-0.4, -0.2) is 83.9 Å². The summed E-state index contributed by atoms with van der Waals surface area (Å²) in [5, 5.41) is 0. The van der Waals surface area contributed by atoms with Gasteiger partial charge in [0.15, 0.2) is 0 Å². The van der Waals surface area contributed by atoms with Crippen molar-refractivity contribution in [3.63, 3.8) is 0 Å². The van der Waals surface area contributed by atoms with Crippen LogP contribution in [0.25, 0.3) is 0 Å². The van der Waals surface area contributed by atoms with Crippen LogP contribution in [0.3, 0.4) is 0 Å². The van der Waals surface area contributed by atoms with Gasteiger partial charge in [0.25, 0.3) is 5.91 Å². The number of ether oxygens (including phenoxy) is 2. The van der Waals surface area contributed by atoms with Crippen LogP contribution in [0, 0.1) is 5.82 Å². The van der Waals surface area contributed by atoms with Crippen molar-refractivity contribution in [1.29, 1.82) is 0 Å². The molecule has 3 amide bonds. The van der Waals surface area contributed by atoms with Gasteiger partial charge in [0.2, 0.25) is 11.8 Å². The smallest absolute Gasteiger partial charge is 0.254 e. The summed E-state index contributed by atoms with van der Waals surface area (Å²) in [5.41, 5.74) is 1.34. The van der Waals surface area contributed by atoms with Crippen LogP contribution in [-0.2, 0) is 20.9 Å². The Hall–Kier alpha value is -3.46. The molecule has 3 fully saturated rings. The Morgan fingerprint density at radius 1 is 0.941 bits per heavy atom. The van der Waals surface area contributed by atoms with Crippen LogP contribution in [0.2, 0.25) is 0 Å². The monoisotopic (exact) mass is 467 g/mol. The first kappa shape index (κ1) is 22.3. The quantitative estimate of drug-likeness (QED) is 0.669. The first-order valence-corrected chi connectivity index (χ1v) is 11.3. The summed E-state index contributed by atoms with van der Waals surface area (Å²) >= 11 is 0. The maximum absolute atomic E-state index is 13.3. The molecule has 0 saturated carbocycles. The van der Waals surface area contributed by atoms with Crippen molar-refractivity contribution in [1.82, 2.24) is 14.7 Å². The van der Waals surface area contributed by atoms with Gasteiger partial charge in [-0.2, -0.15) is 0 Å². The van der Waals surface area contributed by atoms with Gasteiger partial charge in [-0.3, -0.25) is 14.4 Å². The Morgan fingerprint density at radius 3 is 2.35 bits per heavy atom. The Balaban J connectivity index is 1.24. The molecule has 0 aliphatic carbocycles. The topological polar surface area (TPSA) is 79.4 Å². The molecule has 3 saturated heterocycles. The predicted octanol–water partition coefficient (Wildman–Crippen LogP) is 1.69. The van der Waals surface area contributed by atoms with E-state index < -0.39 is 12.1 Å². The lowest BCUT2D eigenvalue weighted by atomic mass is 10.0. The summed E-state index contributed by atoms with van der Waals surface area (Å²) in [4.78, 5) is 44.3. The highest BCUT2D eigenvalue weighted by molar-refractivity contribution is 5.99. The second-order valence-electron chi connectivity index (χ2n) is 8.83.